The minimum absolute atomic E-state index is 0.169. The number of anilines is 2. The summed E-state index contributed by atoms with van der Waals surface area (Å²) in [5.41, 5.74) is 1.95. The number of carboxylic acids is 1. The molecule has 9 heteroatoms. The molecule has 0 radical (unpaired) electrons. The fraction of sp³-hybridized carbons (Fsp3) is 0.467. The molecular weight excluding hydrogens is 314 g/mol. The number of hydrogen-bond acceptors (Lipinski definition) is 6. The zero-order valence-electron chi connectivity index (χ0n) is 13.4. The normalized spacial score (nSPS) is 16.3. The van der Waals surface area contributed by atoms with E-state index in [0.29, 0.717) is 5.69 Å². The van der Waals surface area contributed by atoms with Gasteiger partial charge in [-0.2, -0.15) is 0 Å². The highest BCUT2D eigenvalue weighted by atomic mass is 16.4. The van der Waals surface area contributed by atoms with E-state index >= 15 is 0 Å². The second kappa shape index (κ2) is 7.26. The Kier molecular flexibility index (Phi) is 5.35. The van der Waals surface area contributed by atoms with Crippen molar-refractivity contribution in [3.05, 3.63) is 18.3 Å². The summed E-state index contributed by atoms with van der Waals surface area (Å²) < 4.78 is 0. The highest BCUT2D eigenvalue weighted by molar-refractivity contribution is 6.39. The smallest absolute Gasteiger partial charge is 0.323 e. The van der Waals surface area contributed by atoms with Gasteiger partial charge in [0.25, 0.3) is 0 Å². The molecule has 0 aromatic carbocycles. The predicted molar refractivity (Wildman–Crippen MR) is 87.0 cm³/mol. The monoisotopic (exact) mass is 335 g/mol. The van der Waals surface area contributed by atoms with Gasteiger partial charge in [0.1, 0.15) is 5.82 Å². The molecule has 1 aliphatic heterocycles. The first-order chi connectivity index (χ1) is 11.3. The number of carbonyl (C=O) groups excluding carboxylic acids is 2. The average Bonchev–Trinajstić information content (AvgIpc) is 2.54. The van der Waals surface area contributed by atoms with Gasteiger partial charge >= 0.3 is 17.8 Å². The molecular formula is C15H21N5O4. The number of rotatable bonds is 4. The Labute approximate surface area is 139 Å². The van der Waals surface area contributed by atoms with Crippen molar-refractivity contribution in [1.82, 2.24) is 10.4 Å². The molecule has 2 amide bonds. The van der Waals surface area contributed by atoms with Crippen LogP contribution >= 0.6 is 0 Å². The Balaban J connectivity index is 1.94. The molecule has 0 unspecified atom stereocenters. The highest BCUT2D eigenvalue weighted by Crippen LogP contribution is 2.35. The van der Waals surface area contributed by atoms with Crippen molar-refractivity contribution >= 4 is 29.3 Å². The summed E-state index contributed by atoms with van der Waals surface area (Å²) in [6, 6.07) is 3.39. The lowest BCUT2D eigenvalue weighted by Crippen LogP contribution is -2.40. The van der Waals surface area contributed by atoms with Crippen LogP contribution in [0.3, 0.4) is 0 Å². The van der Waals surface area contributed by atoms with Crippen molar-refractivity contribution in [2.75, 3.05) is 23.3 Å². The maximum atomic E-state index is 11.4. The molecule has 0 atom stereocenters. The van der Waals surface area contributed by atoms with Gasteiger partial charge in [0.05, 0.1) is 18.3 Å². The molecule has 9 nitrogen and oxygen atoms in total. The third-order valence-corrected chi connectivity index (χ3v) is 4.22. The summed E-state index contributed by atoms with van der Waals surface area (Å²) in [4.78, 5) is 39.7. The van der Waals surface area contributed by atoms with E-state index in [9.17, 15) is 14.4 Å². The van der Waals surface area contributed by atoms with E-state index in [-0.39, 0.29) is 11.8 Å². The van der Waals surface area contributed by atoms with E-state index in [1.54, 1.807) is 17.6 Å². The lowest BCUT2D eigenvalue weighted by molar-refractivity contribution is -0.139. The van der Waals surface area contributed by atoms with E-state index < -0.39 is 17.8 Å². The molecule has 130 valence electrons. The van der Waals surface area contributed by atoms with Crippen molar-refractivity contribution in [2.24, 2.45) is 11.3 Å². The van der Waals surface area contributed by atoms with Gasteiger partial charge in [-0.1, -0.05) is 6.92 Å². The zero-order chi connectivity index (χ0) is 17.7. The van der Waals surface area contributed by atoms with Crippen LogP contribution in [-0.2, 0) is 14.4 Å². The van der Waals surface area contributed by atoms with Crippen molar-refractivity contribution in [2.45, 2.75) is 26.2 Å². The lowest BCUT2D eigenvalue weighted by atomic mass is 9.77. The van der Waals surface area contributed by atoms with Crippen molar-refractivity contribution in [3.63, 3.8) is 0 Å². The van der Waals surface area contributed by atoms with Gasteiger partial charge in [-0.05, 0) is 30.4 Å². The topological polar surface area (TPSA) is 138 Å². The summed E-state index contributed by atoms with van der Waals surface area (Å²) in [7, 11) is 0. The fourth-order valence-electron chi connectivity index (χ4n) is 2.72. The maximum Gasteiger partial charge on any atom is 0.323 e. The van der Waals surface area contributed by atoms with Gasteiger partial charge in [0.15, 0.2) is 0 Å². The van der Waals surface area contributed by atoms with Crippen LogP contribution in [0.25, 0.3) is 0 Å². The number of amides is 2. The Bertz CT molecular complexity index is 623. The highest BCUT2D eigenvalue weighted by Gasteiger charge is 2.32. The largest absolute Gasteiger partial charge is 0.481 e. The summed E-state index contributed by atoms with van der Waals surface area (Å²) >= 11 is 0. The minimum atomic E-state index is -0.937. The number of carbonyl (C=O) groups is 3. The predicted octanol–water partition coefficient (Wildman–Crippen LogP) is 0.0912. The number of piperidine rings is 1. The number of pyridine rings is 1. The standard InChI is InChI=1S/C15H21N5O4/c1-15(8-12(21)22)4-6-20(7-5-15)11-3-2-10(9-17-11)18-13(23)14(24)19-16/h2-3,9H,4-8,16H2,1H3,(H,18,23)(H,19,24)(H,21,22). The number of hydrogen-bond donors (Lipinski definition) is 4. The first-order valence-corrected chi connectivity index (χ1v) is 7.58. The lowest BCUT2D eigenvalue weighted by Gasteiger charge is -2.39. The summed E-state index contributed by atoms with van der Waals surface area (Å²) in [5.74, 6) is 3.05. The molecule has 24 heavy (non-hydrogen) atoms. The van der Waals surface area contributed by atoms with Crippen LogP contribution in [0.15, 0.2) is 18.3 Å². The molecule has 2 heterocycles. The Morgan fingerprint density at radius 3 is 2.46 bits per heavy atom. The molecule has 0 spiro atoms. The maximum absolute atomic E-state index is 11.4. The number of hydrazine groups is 1. The zero-order valence-corrected chi connectivity index (χ0v) is 13.4. The van der Waals surface area contributed by atoms with Crippen molar-refractivity contribution < 1.29 is 19.5 Å². The third kappa shape index (κ3) is 4.42. The molecule has 2 rings (SSSR count). The Morgan fingerprint density at radius 1 is 1.29 bits per heavy atom. The summed E-state index contributed by atoms with van der Waals surface area (Å²) in [6.45, 7) is 3.43. The van der Waals surface area contributed by atoms with Crippen LogP contribution in [0.4, 0.5) is 11.5 Å². The molecule has 1 aliphatic rings. The first kappa shape index (κ1) is 17.7. The van der Waals surface area contributed by atoms with Crippen LogP contribution in [0, 0.1) is 5.41 Å². The number of nitrogens with one attached hydrogen (secondary N) is 2. The summed E-state index contributed by atoms with van der Waals surface area (Å²) in [5, 5.41) is 11.4. The molecule has 1 saturated heterocycles. The van der Waals surface area contributed by atoms with Gasteiger partial charge in [0.2, 0.25) is 0 Å². The second-order valence-electron chi connectivity index (χ2n) is 6.20. The van der Waals surface area contributed by atoms with Crippen LogP contribution in [0.2, 0.25) is 0 Å². The third-order valence-electron chi connectivity index (χ3n) is 4.22. The molecule has 0 aliphatic carbocycles. The molecule has 1 fully saturated rings. The van der Waals surface area contributed by atoms with E-state index in [0.717, 1.165) is 31.7 Å². The van der Waals surface area contributed by atoms with E-state index in [4.69, 9.17) is 10.9 Å². The average molecular weight is 335 g/mol. The summed E-state index contributed by atoms with van der Waals surface area (Å²) in [6.07, 6.45) is 3.18. The van der Waals surface area contributed by atoms with Gasteiger partial charge in [0, 0.05) is 13.1 Å². The number of nitrogens with zero attached hydrogens (tertiary/aromatic N) is 2. The molecule has 1 aromatic rings. The van der Waals surface area contributed by atoms with E-state index in [1.165, 1.54) is 6.20 Å². The van der Waals surface area contributed by atoms with Crippen LogP contribution < -0.4 is 21.5 Å². The van der Waals surface area contributed by atoms with Gasteiger partial charge in [-0.25, -0.2) is 10.8 Å². The van der Waals surface area contributed by atoms with E-state index in [2.05, 4.69) is 15.2 Å². The SMILES string of the molecule is CC1(CC(=O)O)CCN(c2ccc(NC(=O)C(=O)NN)cn2)CC1. The molecule has 5 N–H and O–H groups in total. The molecule has 0 bridgehead atoms. The van der Waals surface area contributed by atoms with Gasteiger partial charge < -0.3 is 15.3 Å². The van der Waals surface area contributed by atoms with E-state index in [1.807, 2.05) is 6.92 Å². The first-order valence-electron chi connectivity index (χ1n) is 7.58. The number of nitrogens with two attached hydrogens (primary N) is 1. The number of aromatic nitrogens is 1. The molecule has 0 saturated carbocycles. The van der Waals surface area contributed by atoms with Crippen LogP contribution in [0.5, 0.6) is 0 Å². The fourth-order valence-corrected chi connectivity index (χ4v) is 2.72. The van der Waals surface area contributed by atoms with Crippen LogP contribution in [-0.4, -0.2) is 41.0 Å². The minimum Gasteiger partial charge on any atom is -0.481 e. The van der Waals surface area contributed by atoms with Gasteiger partial charge in [-0.15, -0.1) is 0 Å². The number of carboxylic acid groups (broad SMARTS) is 1. The molecule has 1 aromatic heterocycles. The van der Waals surface area contributed by atoms with Gasteiger partial charge in [-0.3, -0.25) is 19.8 Å². The van der Waals surface area contributed by atoms with Crippen LogP contribution in [0.1, 0.15) is 26.2 Å². The van der Waals surface area contributed by atoms with Crippen molar-refractivity contribution in [3.8, 4) is 0 Å². The van der Waals surface area contributed by atoms with Crippen molar-refractivity contribution in [1.29, 1.82) is 0 Å². The number of aliphatic carboxylic acids is 1. The second-order valence-corrected chi connectivity index (χ2v) is 6.20. The Hall–Kier alpha value is -2.68. The quantitative estimate of drug-likeness (QED) is 0.265. The Morgan fingerprint density at radius 2 is 1.96 bits per heavy atom.